The molecule has 0 aliphatic carbocycles. The molecule has 5 nitrogen and oxygen atoms in total. The van der Waals surface area contributed by atoms with Crippen LogP contribution in [0, 0.1) is 0 Å². The lowest BCUT2D eigenvalue weighted by Gasteiger charge is -2.32. The lowest BCUT2D eigenvalue weighted by atomic mass is 9.41. The van der Waals surface area contributed by atoms with E-state index in [1.54, 1.807) is 0 Å². The van der Waals surface area contributed by atoms with Gasteiger partial charge in [-0.05, 0) is 82.8 Å². The van der Waals surface area contributed by atoms with Crippen LogP contribution >= 0.6 is 0 Å². The van der Waals surface area contributed by atoms with Gasteiger partial charge >= 0.3 is 6.71 Å². The van der Waals surface area contributed by atoms with Crippen molar-refractivity contribution in [3.05, 3.63) is 134 Å². The predicted octanol–water partition coefficient (Wildman–Crippen LogP) is 9.77. The highest BCUT2D eigenvalue weighted by atomic mass is 16.4. The third kappa shape index (κ3) is 3.03. The first-order chi connectivity index (χ1) is 23.8. The summed E-state index contributed by atoms with van der Waals surface area (Å²) in [7, 11) is 0. The second kappa shape index (κ2) is 8.69. The van der Waals surface area contributed by atoms with Crippen LogP contribution in [0.2, 0.25) is 0 Å². The molecule has 0 bridgehead atoms. The molecule has 0 spiro atoms. The van der Waals surface area contributed by atoms with E-state index in [4.69, 9.17) is 17.7 Å². The van der Waals surface area contributed by atoms with Crippen molar-refractivity contribution >= 4 is 95.4 Å². The fraction of sp³-hybridized carbons (Fsp3) is 0. The SMILES string of the molecule is c1ccc2c(N3c4cc(-c5ccc6oc7ccccc7c6c5)cc5c4B(c4oc6ccccc6c4-5)c4oc5ccccc5c43)coc2c1. The van der Waals surface area contributed by atoms with E-state index in [0.717, 1.165) is 105 Å². The first kappa shape index (κ1) is 24.8. The van der Waals surface area contributed by atoms with Crippen molar-refractivity contribution in [2.45, 2.75) is 0 Å². The molecule has 0 saturated carbocycles. The molecule has 0 N–H and O–H groups in total. The Bertz CT molecular complexity index is 2990. The first-order valence-electron chi connectivity index (χ1n) is 16.2. The summed E-state index contributed by atoms with van der Waals surface area (Å²) in [4.78, 5) is 2.35. The van der Waals surface area contributed by atoms with Gasteiger partial charge in [0.15, 0.2) is 0 Å². The minimum absolute atomic E-state index is 0.191. The van der Waals surface area contributed by atoms with Gasteiger partial charge in [0.05, 0.1) is 17.0 Å². The number of para-hydroxylation sites is 4. The van der Waals surface area contributed by atoms with Crippen molar-refractivity contribution in [3.8, 4) is 22.3 Å². The maximum Gasteiger partial charge on any atom is 0.338 e. The number of furan rings is 4. The van der Waals surface area contributed by atoms with Crippen LogP contribution in [0.3, 0.4) is 0 Å². The summed E-state index contributed by atoms with van der Waals surface area (Å²) in [5.74, 6) is 0. The Balaban J connectivity index is 1.22. The van der Waals surface area contributed by atoms with Crippen LogP contribution in [0.15, 0.2) is 151 Å². The first-order valence-corrected chi connectivity index (χ1v) is 16.2. The molecule has 222 valence electrons. The smallest absolute Gasteiger partial charge is 0.338 e. The molecular formula is C42H22BNO4. The maximum absolute atomic E-state index is 6.83. The average Bonchev–Trinajstić information content (AvgIpc) is 3.94. The van der Waals surface area contributed by atoms with E-state index in [9.17, 15) is 0 Å². The molecule has 2 aliphatic heterocycles. The van der Waals surface area contributed by atoms with Crippen molar-refractivity contribution in [3.63, 3.8) is 0 Å². The molecule has 6 heterocycles. The van der Waals surface area contributed by atoms with Gasteiger partial charge in [-0.2, -0.15) is 0 Å². The van der Waals surface area contributed by atoms with Crippen LogP contribution < -0.4 is 21.7 Å². The van der Waals surface area contributed by atoms with Gasteiger partial charge in [0.25, 0.3) is 0 Å². The third-order valence-electron chi connectivity index (χ3n) is 10.3. The van der Waals surface area contributed by atoms with Gasteiger partial charge in [-0.1, -0.05) is 66.7 Å². The lowest BCUT2D eigenvalue weighted by molar-refractivity contribution is 0.616. The molecule has 0 saturated heterocycles. The highest BCUT2D eigenvalue weighted by Crippen LogP contribution is 2.49. The summed E-state index contributed by atoms with van der Waals surface area (Å²) in [6, 6.07) is 44.3. The Morgan fingerprint density at radius 2 is 1.10 bits per heavy atom. The van der Waals surface area contributed by atoms with Crippen LogP contribution in [0.25, 0.3) is 77.1 Å². The van der Waals surface area contributed by atoms with E-state index in [-0.39, 0.29) is 6.71 Å². The number of hydrogen-bond acceptors (Lipinski definition) is 5. The highest BCUT2D eigenvalue weighted by Gasteiger charge is 2.50. The molecule has 0 radical (unpaired) electrons. The second-order valence-corrected chi connectivity index (χ2v) is 12.8. The summed E-state index contributed by atoms with van der Waals surface area (Å²) >= 11 is 0. The molecule has 2 aliphatic rings. The fourth-order valence-electron chi connectivity index (χ4n) is 8.32. The third-order valence-corrected chi connectivity index (χ3v) is 10.3. The monoisotopic (exact) mass is 615 g/mol. The number of hydrogen-bond donors (Lipinski definition) is 0. The average molecular weight is 615 g/mol. The van der Waals surface area contributed by atoms with Crippen molar-refractivity contribution in [2.75, 3.05) is 4.90 Å². The maximum atomic E-state index is 6.83. The van der Waals surface area contributed by atoms with Gasteiger partial charge in [0.2, 0.25) is 0 Å². The molecule has 10 aromatic rings. The molecule has 0 unspecified atom stereocenters. The zero-order chi connectivity index (χ0) is 31.1. The number of rotatable bonds is 2. The zero-order valence-electron chi connectivity index (χ0n) is 25.4. The molecule has 0 amide bonds. The zero-order valence-corrected chi connectivity index (χ0v) is 25.4. The van der Waals surface area contributed by atoms with Gasteiger partial charge in [-0.25, -0.2) is 0 Å². The second-order valence-electron chi connectivity index (χ2n) is 12.8. The van der Waals surface area contributed by atoms with Gasteiger partial charge in [-0.15, -0.1) is 0 Å². The Morgan fingerprint density at radius 1 is 0.458 bits per heavy atom. The van der Waals surface area contributed by atoms with E-state index >= 15 is 0 Å². The van der Waals surface area contributed by atoms with E-state index in [1.807, 2.05) is 42.7 Å². The van der Waals surface area contributed by atoms with E-state index in [0.29, 0.717) is 0 Å². The van der Waals surface area contributed by atoms with E-state index in [2.05, 4.69) is 95.9 Å². The van der Waals surface area contributed by atoms with Crippen LogP contribution in [0.5, 0.6) is 0 Å². The molecule has 6 aromatic carbocycles. The number of benzene rings is 6. The largest absolute Gasteiger partial charge is 0.469 e. The Labute approximate surface area is 273 Å². The topological polar surface area (TPSA) is 55.8 Å². The van der Waals surface area contributed by atoms with Crippen molar-refractivity contribution in [2.24, 2.45) is 0 Å². The van der Waals surface area contributed by atoms with Gasteiger partial charge < -0.3 is 22.6 Å². The van der Waals surface area contributed by atoms with Crippen molar-refractivity contribution < 1.29 is 17.7 Å². The van der Waals surface area contributed by atoms with Crippen molar-refractivity contribution in [1.82, 2.24) is 0 Å². The lowest BCUT2D eigenvalue weighted by Crippen LogP contribution is -2.53. The standard InChI is InChI=1S/C42H22BNO4/c1-6-14-34-25(9-1)29-19-23(17-18-37(29)46-34)24-20-30-38-27-11-3-7-15-35(27)47-41(38)43-39(30)31(21-24)44(32-22-45-33-13-5-2-10-26(32)33)40-28-12-4-8-16-36(28)48-42(40)43/h1-22H. The van der Waals surface area contributed by atoms with Gasteiger partial charge in [0.1, 0.15) is 39.8 Å². The molecule has 4 aromatic heterocycles. The Hall–Kier alpha value is -6.40. The summed E-state index contributed by atoms with van der Waals surface area (Å²) in [6.07, 6.45) is 1.88. The summed E-state index contributed by atoms with van der Waals surface area (Å²) < 4.78 is 26.0. The fourth-order valence-corrected chi connectivity index (χ4v) is 8.32. The number of anilines is 3. The molecular weight excluding hydrogens is 593 g/mol. The van der Waals surface area contributed by atoms with E-state index in [1.165, 1.54) is 5.46 Å². The van der Waals surface area contributed by atoms with E-state index < -0.39 is 0 Å². The van der Waals surface area contributed by atoms with Gasteiger partial charge in [0, 0.05) is 38.2 Å². The quantitative estimate of drug-likeness (QED) is 0.181. The van der Waals surface area contributed by atoms with Crippen molar-refractivity contribution in [1.29, 1.82) is 0 Å². The molecule has 0 fully saturated rings. The Morgan fingerprint density at radius 3 is 1.94 bits per heavy atom. The molecule has 12 rings (SSSR count). The minimum atomic E-state index is -0.191. The summed E-state index contributed by atoms with van der Waals surface area (Å²) in [6.45, 7) is -0.191. The minimum Gasteiger partial charge on any atom is -0.469 e. The van der Waals surface area contributed by atoms with Crippen LogP contribution in [0.1, 0.15) is 0 Å². The van der Waals surface area contributed by atoms with Crippen LogP contribution in [-0.4, -0.2) is 6.71 Å². The van der Waals surface area contributed by atoms with Crippen LogP contribution in [-0.2, 0) is 0 Å². The van der Waals surface area contributed by atoms with Gasteiger partial charge in [-0.3, -0.25) is 0 Å². The van der Waals surface area contributed by atoms with Crippen LogP contribution in [0.4, 0.5) is 17.1 Å². The molecule has 6 heteroatoms. The Kier molecular flexibility index (Phi) is 4.49. The highest BCUT2D eigenvalue weighted by molar-refractivity contribution is 7.00. The summed E-state index contributed by atoms with van der Waals surface area (Å²) in [5.41, 5.74) is 14.9. The predicted molar refractivity (Wildman–Crippen MR) is 193 cm³/mol. The number of fused-ring (bicyclic) bond motifs is 13. The molecule has 48 heavy (non-hydrogen) atoms. The normalized spacial score (nSPS) is 13.3. The summed E-state index contributed by atoms with van der Waals surface area (Å²) in [5, 5.41) is 5.41. The molecule has 0 atom stereocenters. The number of nitrogens with zero attached hydrogens (tertiary/aromatic N) is 1.